The minimum atomic E-state index is -0.160. The van der Waals surface area contributed by atoms with E-state index in [1.807, 2.05) is 92.7 Å². The van der Waals surface area contributed by atoms with Crippen molar-refractivity contribution in [2.24, 2.45) is 5.10 Å². The Hall–Kier alpha value is -4.06. The number of hydrogen-bond acceptors (Lipinski definition) is 5. The molecule has 0 fully saturated rings. The van der Waals surface area contributed by atoms with Gasteiger partial charge in [0.25, 0.3) is 5.91 Å². The Bertz CT molecular complexity index is 1200. The zero-order chi connectivity index (χ0) is 23.2. The molecule has 0 unspecified atom stereocenters. The average molecular weight is 443 g/mol. The molecule has 3 aromatic carbocycles. The molecule has 33 heavy (non-hydrogen) atoms. The number of para-hydroxylation sites is 1. The summed E-state index contributed by atoms with van der Waals surface area (Å²) < 4.78 is 17.0. The third-order valence-electron chi connectivity index (χ3n) is 5.18. The van der Waals surface area contributed by atoms with E-state index in [2.05, 4.69) is 5.10 Å². The van der Waals surface area contributed by atoms with Gasteiger partial charge in [-0.15, -0.1) is 0 Å². The normalized spacial score (nSPS) is 14.4. The van der Waals surface area contributed by atoms with Gasteiger partial charge in [0, 0.05) is 11.6 Å². The lowest BCUT2D eigenvalue weighted by Crippen LogP contribution is -2.21. The van der Waals surface area contributed by atoms with Crippen LogP contribution in [0, 0.1) is 6.92 Å². The number of benzene rings is 3. The number of nitrogens with zero attached hydrogens (tertiary/aromatic N) is 2. The van der Waals surface area contributed by atoms with Gasteiger partial charge in [-0.05, 0) is 56.3 Å². The van der Waals surface area contributed by atoms with Crippen LogP contribution in [0.15, 0.2) is 83.5 Å². The Labute approximate surface area is 193 Å². The number of anilines is 1. The molecule has 0 aliphatic carbocycles. The van der Waals surface area contributed by atoms with Crippen LogP contribution in [0.3, 0.4) is 0 Å². The monoisotopic (exact) mass is 442 g/mol. The summed E-state index contributed by atoms with van der Waals surface area (Å²) in [6.07, 6.45) is 1.84. The maximum atomic E-state index is 13.1. The molecule has 168 valence electrons. The van der Waals surface area contributed by atoms with Crippen molar-refractivity contribution < 1.29 is 19.0 Å². The SMILES string of the molecule is COc1cccc(OCCOc2ccc(C)cc2/C=C2/C(=O)N(c3ccccc3)N=C2C)c1. The third kappa shape index (κ3) is 5.23. The number of amides is 1. The van der Waals surface area contributed by atoms with Crippen molar-refractivity contribution in [3.05, 3.63) is 89.5 Å². The largest absolute Gasteiger partial charge is 0.497 e. The van der Waals surface area contributed by atoms with Crippen molar-refractivity contribution in [3.8, 4) is 17.2 Å². The summed E-state index contributed by atoms with van der Waals surface area (Å²) in [6, 6.07) is 22.7. The second-order valence-corrected chi connectivity index (χ2v) is 7.61. The van der Waals surface area contributed by atoms with Gasteiger partial charge in [0.2, 0.25) is 0 Å². The average Bonchev–Trinajstić information content (AvgIpc) is 3.12. The topological polar surface area (TPSA) is 60.4 Å². The van der Waals surface area contributed by atoms with E-state index >= 15 is 0 Å². The molecule has 0 saturated heterocycles. The van der Waals surface area contributed by atoms with Gasteiger partial charge in [-0.3, -0.25) is 4.79 Å². The first-order valence-corrected chi connectivity index (χ1v) is 10.7. The zero-order valence-electron chi connectivity index (χ0n) is 18.9. The number of carbonyl (C=O) groups excluding carboxylic acids is 1. The molecule has 1 aliphatic rings. The molecule has 0 spiro atoms. The van der Waals surface area contributed by atoms with Crippen LogP contribution in [-0.4, -0.2) is 31.9 Å². The van der Waals surface area contributed by atoms with Crippen molar-refractivity contribution >= 4 is 23.4 Å². The summed E-state index contributed by atoms with van der Waals surface area (Å²) >= 11 is 0. The predicted molar refractivity (Wildman–Crippen MR) is 130 cm³/mol. The highest BCUT2D eigenvalue weighted by molar-refractivity contribution is 6.32. The van der Waals surface area contributed by atoms with Crippen molar-refractivity contribution in [3.63, 3.8) is 0 Å². The van der Waals surface area contributed by atoms with E-state index in [0.29, 0.717) is 36.0 Å². The highest BCUT2D eigenvalue weighted by Gasteiger charge is 2.28. The molecular weight excluding hydrogens is 416 g/mol. The molecule has 6 nitrogen and oxygen atoms in total. The molecule has 1 aliphatic heterocycles. The first-order chi connectivity index (χ1) is 16.0. The maximum absolute atomic E-state index is 13.1. The fourth-order valence-corrected chi connectivity index (χ4v) is 3.50. The van der Waals surface area contributed by atoms with Gasteiger partial charge in [0.1, 0.15) is 30.5 Å². The fraction of sp³-hybridized carbons (Fsp3) is 0.185. The van der Waals surface area contributed by atoms with Crippen LogP contribution in [0.4, 0.5) is 5.69 Å². The number of methoxy groups -OCH3 is 1. The molecule has 1 amide bonds. The quantitative estimate of drug-likeness (QED) is 0.352. The Balaban J connectivity index is 1.47. The number of rotatable bonds is 8. The summed E-state index contributed by atoms with van der Waals surface area (Å²) in [4.78, 5) is 13.1. The second-order valence-electron chi connectivity index (χ2n) is 7.61. The maximum Gasteiger partial charge on any atom is 0.280 e. The van der Waals surface area contributed by atoms with Crippen LogP contribution in [0.2, 0.25) is 0 Å². The van der Waals surface area contributed by atoms with Gasteiger partial charge in [-0.2, -0.15) is 10.1 Å². The van der Waals surface area contributed by atoms with Gasteiger partial charge in [-0.1, -0.05) is 35.9 Å². The van der Waals surface area contributed by atoms with E-state index in [1.54, 1.807) is 7.11 Å². The molecule has 0 N–H and O–H groups in total. The van der Waals surface area contributed by atoms with E-state index < -0.39 is 0 Å². The van der Waals surface area contributed by atoms with Crippen molar-refractivity contribution in [1.82, 2.24) is 0 Å². The van der Waals surface area contributed by atoms with Crippen LogP contribution in [-0.2, 0) is 4.79 Å². The van der Waals surface area contributed by atoms with Crippen molar-refractivity contribution in [1.29, 1.82) is 0 Å². The van der Waals surface area contributed by atoms with Crippen molar-refractivity contribution in [2.45, 2.75) is 13.8 Å². The van der Waals surface area contributed by atoms with Crippen LogP contribution in [0.25, 0.3) is 6.08 Å². The number of ether oxygens (including phenoxy) is 3. The van der Waals surface area contributed by atoms with E-state index in [0.717, 1.165) is 22.6 Å². The molecule has 0 saturated carbocycles. The highest BCUT2D eigenvalue weighted by Crippen LogP contribution is 2.28. The number of aryl methyl sites for hydroxylation is 1. The predicted octanol–water partition coefficient (Wildman–Crippen LogP) is 5.27. The smallest absolute Gasteiger partial charge is 0.280 e. The number of hydrazone groups is 1. The zero-order valence-corrected chi connectivity index (χ0v) is 18.9. The lowest BCUT2D eigenvalue weighted by molar-refractivity contribution is -0.114. The molecule has 0 aromatic heterocycles. The standard InChI is InChI=1S/C27H26N2O4/c1-19-12-13-26(33-15-14-32-24-11-7-10-23(18-24)31-3)21(16-19)17-25-20(2)28-29(27(25)30)22-8-5-4-6-9-22/h4-13,16-18H,14-15H2,1-3H3/b25-17+. The highest BCUT2D eigenvalue weighted by atomic mass is 16.5. The van der Waals surface area contributed by atoms with Gasteiger partial charge < -0.3 is 14.2 Å². The molecule has 6 heteroatoms. The minimum Gasteiger partial charge on any atom is -0.497 e. The van der Waals surface area contributed by atoms with E-state index in [-0.39, 0.29) is 5.91 Å². The second kappa shape index (κ2) is 10.0. The van der Waals surface area contributed by atoms with Crippen molar-refractivity contribution in [2.75, 3.05) is 25.3 Å². The van der Waals surface area contributed by atoms with E-state index in [9.17, 15) is 4.79 Å². The Morgan fingerprint density at radius 2 is 1.64 bits per heavy atom. The lowest BCUT2D eigenvalue weighted by atomic mass is 10.0. The lowest BCUT2D eigenvalue weighted by Gasteiger charge is -2.13. The van der Waals surface area contributed by atoms with Crippen LogP contribution in [0.1, 0.15) is 18.1 Å². The van der Waals surface area contributed by atoms with Crippen LogP contribution in [0.5, 0.6) is 17.2 Å². The molecule has 3 aromatic rings. The van der Waals surface area contributed by atoms with Gasteiger partial charge in [-0.25, -0.2) is 0 Å². The first kappa shape index (κ1) is 22.1. The molecule has 1 heterocycles. The molecule has 0 atom stereocenters. The fourth-order valence-electron chi connectivity index (χ4n) is 3.50. The van der Waals surface area contributed by atoms with Gasteiger partial charge in [0.05, 0.1) is 24.1 Å². The molecule has 0 radical (unpaired) electrons. The van der Waals surface area contributed by atoms with Crippen LogP contribution >= 0.6 is 0 Å². The summed E-state index contributed by atoms with van der Waals surface area (Å²) in [6.45, 7) is 4.57. The molecule has 0 bridgehead atoms. The van der Waals surface area contributed by atoms with Gasteiger partial charge in [0.15, 0.2) is 0 Å². The van der Waals surface area contributed by atoms with E-state index in [4.69, 9.17) is 14.2 Å². The summed E-state index contributed by atoms with van der Waals surface area (Å²) in [5, 5.41) is 5.88. The Morgan fingerprint density at radius 3 is 2.42 bits per heavy atom. The Morgan fingerprint density at radius 1 is 0.879 bits per heavy atom. The van der Waals surface area contributed by atoms with Gasteiger partial charge >= 0.3 is 0 Å². The first-order valence-electron chi connectivity index (χ1n) is 10.7. The molecule has 4 rings (SSSR count). The molecular formula is C27H26N2O4. The Kier molecular flexibility index (Phi) is 6.74. The summed E-state index contributed by atoms with van der Waals surface area (Å²) in [5.74, 6) is 1.98. The number of carbonyl (C=O) groups is 1. The van der Waals surface area contributed by atoms with E-state index in [1.165, 1.54) is 5.01 Å². The number of hydrogen-bond donors (Lipinski definition) is 0. The third-order valence-corrected chi connectivity index (χ3v) is 5.18. The minimum absolute atomic E-state index is 0.160. The summed E-state index contributed by atoms with van der Waals surface area (Å²) in [7, 11) is 1.62. The van der Waals surface area contributed by atoms with Crippen LogP contribution < -0.4 is 19.2 Å². The summed E-state index contributed by atoms with van der Waals surface area (Å²) in [5.41, 5.74) is 3.84.